The summed E-state index contributed by atoms with van der Waals surface area (Å²) in [4.78, 5) is 15.9. The lowest BCUT2D eigenvalue weighted by molar-refractivity contribution is 0.0694. The fourth-order valence-corrected chi connectivity index (χ4v) is 6.57. The predicted molar refractivity (Wildman–Crippen MR) is 123 cm³/mol. The molecule has 0 bridgehead atoms. The zero-order chi connectivity index (χ0) is 21.7. The van der Waals surface area contributed by atoms with Gasteiger partial charge in [0.05, 0.1) is 17.4 Å². The minimum atomic E-state index is -3.40. The van der Waals surface area contributed by atoms with Crippen molar-refractivity contribution in [2.24, 2.45) is 0 Å². The monoisotopic (exact) mass is 460 g/mol. The Labute approximate surface area is 188 Å². The molecule has 0 saturated carbocycles. The Bertz CT molecular complexity index is 984. The number of thioether (sulfide) groups is 1. The fourth-order valence-electron chi connectivity index (χ4n) is 3.94. The molecule has 0 aliphatic carbocycles. The molecule has 4 rings (SSSR count). The van der Waals surface area contributed by atoms with Crippen molar-refractivity contribution in [1.29, 1.82) is 0 Å². The molecular formula is C23H28N2O4S2. The molecule has 0 unspecified atom stereocenters. The molecule has 6 nitrogen and oxygen atoms in total. The highest BCUT2D eigenvalue weighted by Gasteiger charge is 2.30. The van der Waals surface area contributed by atoms with Gasteiger partial charge in [-0.05, 0) is 30.5 Å². The van der Waals surface area contributed by atoms with Crippen LogP contribution in [0.5, 0.6) is 0 Å². The average molecular weight is 461 g/mol. The van der Waals surface area contributed by atoms with E-state index in [-0.39, 0.29) is 17.8 Å². The van der Waals surface area contributed by atoms with Crippen molar-refractivity contribution >= 4 is 27.7 Å². The number of carbonyl (C=O) groups is 1. The van der Waals surface area contributed by atoms with Gasteiger partial charge >= 0.3 is 0 Å². The standard InChI is InChI=1S/C23H28N2O4S2/c26-23(21-10-4-5-11-22(21)30-17-20-9-6-16-29-20)24-12-14-25(15-13-24)31(27,28)18-19-7-2-1-3-8-19/h1-5,7-8,10-11,20H,6,9,12-18H2/t20-/m1/s1. The topological polar surface area (TPSA) is 66.9 Å². The summed E-state index contributed by atoms with van der Waals surface area (Å²) in [6, 6.07) is 16.9. The number of ether oxygens (including phenoxy) is 1. The van der Waals surface area contributed by atoms with Gasteiger partial charge in [0.15, 0.2) is 0 Å². The molecule has 166 valence electrons. The van der Waals surface area contributed by atoms with Gasteiger partial charge in [-0.25, -0.2) is 8.42 Å². The van der Waals surface area contributed by atoms with E-state index in [1.165, 1.54) is 4.31 Å². The minimum absolute atomic E-state index is 0.00943. The van der Waals surface area contributed by atoms with Gasteiger partial charge in [0, 0.05) is 43.4 Å². The number of amides is 1. The van der Waals surface area contributed by atoms with E-state index in [2.05, 4.69) is 0 Å². The van der Waals surface area contributed by atoms with Crippen LogP contribution in [-0.2, 0) is 20.5 Å². The third-order valence-electron chi connectivity index (χ3n) is 5.68. The van der Waals surface area contributed by atoms with Crippen LogP contribution < -0.4 is 0 Å². The number of nitrogens with zero attached hydrogens (tertiary/aromatic N) is 2. The molecule has 1 atom stereocenters. The Hall–Kier alpha value is -1.87. The molecule has 0 N–H and O–H groups in total. The molecule has 2 fully saturated rings. The first-order valence-corrected chi connectivity index (χ1v) is 13.3. The summed E-state index contributed by atoms with van der Waals surface area (Å²) in [6.45, 7) is 2.27. The van der Waals surface area contributed by atoms with Gasteiger partial charge in [-0.3, -0.25) is 4.79 Å². The number of rotatable bonds is 7. The first-order valence-electron chi connectivity index (χ1n) is 10.7. The van der Waals surface area contributed by atoms with Gasteiger partial charge in [0.25, 0.3) is 5.91 Å². The highest BCUT2D eigenvalue weighted by Crippen LogP contribution is 2.28. The van der Waals surface area contributed by atoms with Gasteiger partial charge in [-0.15, -0.1) is 11.8 Å². The van der Waals surface area contributed by atoms with Gasteiger partial charge in [-0.1, -0.05) is 42.5 Å². The highest BCUT2D eigenvalue weighted by atomic mass is 32.2. The van der Waals surface area contributed by atoms with Crippen LogP contribution in [0.1, 0.15) is 28.8 Å². The van der Waals surface area contributed by atoms with Crippen LogP contribution in [0.25, 0.3) is 0 Å². The molecule has 1 amide bonds. The van der Waals surface area contributed by atoms with Crippen molar-refractivity contribution in [2.75, 3.05) is 38.5 Å². The first-order chi connectivity index (χ1) is 15.0. The van der Waals surface area contributed by atoms with Crippen LogP contribution in [0, 0.1) is 0 Å². The summed E-state index contributed by atoms with van der Waals surface area (Å²) in [7, 11) is -3.40. The number of hydrogen-bond donors (Lipinski definition) is 0. The zero-order valence-corrected chi connectivity index (χ0v) is 19.1. The molecular weight excluding hydrogens is 432 g/mol. The van der Waals surface area contributed by atoms with Crippen LogP contribution in [0.4, 0.5) is 0 Å². The highest BCUT2D eigenvalue weighted by molar-refractivity contribution is 7.99. The second-order valence-corrected chi connectivity index (χ2v) is 10.9. The molecule has 2 saturated heterocycles. The Morgan fingerprint density at radius 3 is 2.42 bits per heavy atom. The third-order valence-corrected chi connectivity index (χ3v) is 8.73. The summed E-state index contributed by atoms with van der Waals surface area (Å²) in [6.07, 6.45) is 2.43. The SMILES string of the molecule is O=C(c1ccccc1SC[C@H]1CCCO1)N1CCN(S(=O)(=O)Cc2ccccc2)CC1. The number of hydrogen-bond acceptors (Lipinski definition) is 5. The zero-order valence-electron chi connectivity index (χ0n) is 17.5. The first kappa shape index (κ1) is 22.3. The van der Waals surface area contributed by atoms with Gasteiger partial charge < -0.3 is 9.64 Å². The summed E-state index contributed by atoms with van der Waals surface area (Å²) in [5.74, 6) is 0.802. The maximum atomic E-state index is 13.2. The quantitative estimate of drug-likeness (QED) is 0.594. The van der Waals surface area contributed by atoms with E-state index in [0.29, 0.717) is 31.7 Å². The predicted octanol–water partition coefficient (Wildman–Crippen LogP) is 3.25. The molecule has 2 aliphatic rings. The van der Waals surface area contributed by atoms with Crippen LogP contribution >= 0.6 is 11.8 Å². The largest absolute Gasteiger partial charge is 0.377 e. The van der Waals surface area contributed by atoms with E-state index in [1.807, 2.05) is 54.6 Å². The van der Waals surface area contributed by atoms with Gasteiger partial charge in [0.2, 0.25) is 10.0 Å². The molecule has 2 aromatic carbocycles. The molecule has 0 aromatic heterocycles. The second-order valence-electron chi connectivity index (χ2n) is 7.88. The van der Waals surface area contributed by atoms with Crippen LogP contribution in [-0.4, -0.2) is 68.2 Å². The summed E-state index contributed by atoms with van der Waals surface area (Å²) in [5.41, 5.74) is 1.46. The Morgan fingerprint density at radius 2 is 1.71 bits per heavy atom. The van der Waals surface area contributed by atoms with Crippen molar-refractivity contribution in [3.63, 3.8) is 0 Å². The molecule has 2 heterocycles. The Morgan fingerprint density at radius 1 is 1.00 bits per heavy atom. The molecule has 2 aromatic rings. The Balaban J connectivity index is 1.36. The summed E-state index contributed by atoms with van der Waals surface area (Å²) >= 11 is 1.66. The molecule has 2 aliphatic heterocycles. The molecule has 31 heavy (non-hydrogen) atoms. The van der Waals surface area contributed by atoms with Crippen LogP contribution in [0.3, 0.4) is 0 Å². The minimum Gasteiger partial charge on any atom is -0.377 e. The lowest BCUT2D eigenvalue weighted by Crippen LogP contribution is -2.50. The lowest BCUT2D eigenvalue weighted by Gasteiger charge is -2.34. The normalized spacial score (nSPS) is 20.1. The fraction of sp³-hybridized carbons (Fsp3) is 0.435. The molecule has 0 spiro atoms. The van der Waals surface area contributed by atoms with Gasteiger partial charge in [0.1, 0.15) is 0 Å². The average Bonchev–Trinajstić information content (AvgIpc) is 3.32. The third kappa shape index (κ3) is 5.68. The number of benzene rings is 2. The maximum Gasteiger partial charge on any atom is 0.255 e. The van der Waals surface area contributed by atoms with E-state index in [0.717, 1.165) is 35.7 Å². The van der Waals surface area contributed by atoms with Crippen molar-refractivity contribution < 1.29 is 17.9 Å². The molecule has 0 radical (unpaired) electrons. The second kappa shape index (κ2) is 10.2. The number of carbonyl (C=O) groups excluding carboxylic acids is 1. The summed E-state index contributed by atoms with van der Waals surface area (Å²) in [5, 5.41) is 0. The number of sulfonamides is 1. The van der Waals surface area contributed by atoms with E-state index in [4.69, 9.17) is 4.74 Å². The van der Waals surface area contributed by atoms with E-state index in [9.17, 15) is 13.2 Å². The lowest BCUT2D eigenvalue weighted by atomic mass is 10.2. The van der Waals surface area contributed by atoms with Crippen molar-refractivity contribution in [2.45, 2.75) is 29.6 Å². The maximum absolute atomic E-state index is 13.2. The van der Waals surface area contributed by atoms with Crippen molar-refractivity contribution in [3.05, 3.63) is 65.7 Å². The van der Waals surface area contributed by atoms with Crippen molar-refractivity contribution in [1.82, 2.24) is 9.21 Å². The smallest absolute Gasteiger partial charge is 0.255 e. The molecule has 8 heteroatoms. The van der Waals surface area contributed by atoms with E-state index < -0.39 is 10.0 Å². The van der Waals surface area contributed by atoms with Crippen LogP contribution in [0.2, 0.25) is 0 Å². The van der Waals surface area contributed by atoms with E-state index >= 15 is 0 Å². The Kier molecular flexibility index (Phi) is 7.32. The number of piperazine rings is 1. The summed E-state index contributed by atoms with van der Waals surface area (Å²) < 4.78 is 32.7. The van der Waals surface area contributed by atoms with E-state index in [1.54, 1.807) is 16.7 Å². The van der Waals surface area contributed by atoms with Gasteiger partial charge in [-0.2, -0.15) is 4.31 Å². The van der Waals surface area contributed by atoms with Crippen LogP contribution in [0.15, 0.2) is 59.5 Å². The van der Waals surface area contributed by atoms with Crippen molar-refractivity contribution in [3.8, 4) is 0 Å².